The highest BCUT2D eigenvalue weighted by Crippen LogP contribution is 2.37. The topological polar surface area (TPSA) is 134 Å². The van der Waals surface area contributed by atoms with Crippen LogP contribution < -0.4 is 0 Å². The molecule has 4 aromatic rings. The van der Waals surface area contributed by atoms with Crippen molar-refractivity contribution in [2.24, 2.45) is 5.92 Å². The second-order valence-corrected chi connectivity index (χ2v) is 10.6. The van der Waals surface area contributed by atoms with Gasteiger partial charge in [-0.1, -0.05) is 42.8 Å². The molecule has 0 radical (unpaired) electrons. The number of fused-ring (bicyclic) bond motifs is 1. The fourth-order valence-corrected chi connectivity index (χ4v) is 5.64. The Bertz CT molecular complexity index is 1490. The van der Waals surface area contributed by atoms with Gasteiger partial charge in [-0.3, -0.25) is 4.79 Å². The van der Waals surface area contributed by atoms with Crippen LogP contribution in [0.3, 0.4) is 0 Å². The van der Waals surface area contributed by atoms with Crippen LogP contribution in [0, 0.1) is 5.92 Å². The van der Waals surface area contributed by atoms with E-state index < -0.39 is 11.8 Å². The summed E-state index contributed by atoms with van der Waals surface area (Å²) in [6.45, 7) is 0.690. The second-order valence-electron chi connectivity index (χ2n) is 10.6. The third-order valence-corrected chi connectivity index (χ3v) is 7.70. The van der Waals surface area contributed by atoms with Crippen LogP contribution in [0.1, 0.15) is 50.5 Å². The predicted octanol–water partition coefficient (Wildman–Crippen LogP) is 5.22. The predicted molar refractivity (Wildman–Crippen MR) is 143 cm³/mol. The first kappa shape index (κ1) is 25.0. The van der Waals surface area contributed by atoms with E-state index in [2.05, 4.69) is 26.7 Å². The smallest absolute Gasteiger partial charge is 0.450 e. The summed E-state index contributed by atoms with van der Waals surface area (Å²) in [6.07, 6.45) is 4.64. The zero-order valence-electron chi connectivity index (χ0n) is 21.5. The standard InChI is InChI=1S/C29H30N6O4/c36-27(20-9-10-20)35(18-29(39-28(37)38)14-4-1-5-15-29)17-19-8-12-24-21(16-19)11-13-25(30-24)22-6-2-3-7-23(22)26-31-33-34-32-26/h2-3,6-8,11-13,16,20H,1,4-5,9-10,14-15,17-18H2,(H,37,38)(H,31,32,33,34). The molecule has 2 aliphatic rings. The first-order valence-electron chi connectivity index (χ1n) is 13.4. The van der Waals surface area contributed by atoms with E-state index in [1.807, 2.05) is 53.4 Å². The monoisotopic (exact) mass is 526 g/mol. The van der Waals surface area contributed by atoms with E-state index in [9.17, 15) is 14.7 Å². The molecule has 0 unspecified atom stereocenters. The van der Waals surface area contributed by atoms with Gasteiger partial charge in [-0.05, 0) is 67.5 Å². The molecular weight excluding hydrogens is 496 g/mol. The van der Waals surface area contributed by atoms with Gasteiger partial charge in [-0.2, -0.15) is 5.21 Å². The summed E-state index contributed by atoms with van der Waals surface area (Å²) in [5.74, 6) is 0.617. The Hall–Kier alpha value is -4.34. The summed E-state index contributed by atoms with van der Waals surface area (Å²) in [4.78, 5) is 31.6. The fraction of sp³-hybridized carbons (Fsp3) is 0.379. The van der Waals surface area contributed by atoms with Gasteiger partial charge in [0.05, 0.1) is 17.8 Å². The molecule has 0 bridgehead atoms. The quantitative estimate of drug-likeness (QED) is 0.299. The Labute approximate surface area is 225 Å². The molecule has 0 spiro atoms. The van der Waals surface area contributed by atoms with Crippen LogP contribution in [0.4, 0.5) is 4.79 Å². The Balaban J connectivity index is 1.27. The lowest BCUT2D eigenvalue weighted by molar-refractivity contribution is -0.139. The number of aromatic nitrogens is 5. The molecule has 2 fully saturated rings. The highest BCUT2D eigenvalue weighted by molar-refractivity contribution is 5.86. The molecule has 0 saturated heterocycles. The first-order chi connectivity index (χ1) is 19.0. The van der Waals surface area contributed by atoms with Gasteiger partial charge in [-0.25, -0.2) is 9.78 Å². The maximum Gasteiger partial charge on any atom is 0.506 e. The molecule has 2 aromatic heterocycles. The first-order valence-corrected chi connectivity index (χ1v) is 13.4. The van der Waals surface area contributed by atoms with Crippen LogP contribution in [-0.2, 0) is 16.1 Å². The number of carbonyl (C=O) groups excluding carboxylic acids is 1. The summed E-state index contributed by atoms with van der Waals surface area (Å²) in [5.41, 5.74) is 3.50. The summed E-state index contributed by atoms with van der Waals surface area (Å²) in [6, 6.07) is 17.8. The van der Waals surface area contributed by atoms with Gasteiger partial charge < -0.3 is 14.7 Å². The number of tetrazole rings is 1. The number of pyridine rings is 1. The van der Waals surface area contributed by atoms with E-state index in [0.29, 0.717) is 25.2 Å². The highest BCUT2D eigenvalue weighted by atomic mass is 16.7. The average Bonchev–Trinajstić information content (AvgIpc) is 3.65. The zero-order valence-corrected chi connectivity index (χ0v) is 21.5. The molecular formula is C29H30N6O4. The third kappa shape index (κ3) is 5.45. The van der Waals surface area contributed by atoms with Crippen LogP contribution in [0.15, 0.2) is 54.6 Å². The molecule has 2 aliphatic carbocycles. The molecule has 2 heterocycles. The van der Waals surface area contributed by atoms with E-state index in [4.69, 9.17) is 9.72 Å². The number of hydrogen-bond acceptors (Lipinski definition) is 7. The number of rotatable bonds is 8. The van der Waals surface area contributed by atoms with Gasteiger partial charge >= 0.3 is 6.16 Å². The molecule has 10 nitrogen and oxygen atoms in total. The third-order valence-electron chi connectivity index (χ3n) is 7.70. The van der Waals surface area contributed by atoms with Crippen molar-refractivity contribution in [1.29, 1.82) is 0 Å². The Morgan fingerprint density at radius 3 is 2.54 bits per heavy atom. The van der Waals surface area contributed by atoms with Gasteiger partial charge in [0.1, 0.15) is 5.60 Å². The SMILES string of the molecule is O=C(O)OC1(CN(Cc2ccc3nc(-c4ccccc4-c4nn[nH]n4)ccc3c2)C(=O)C2CC2)CCCCC1. The maximum atomic E-state index is 13.3. The van der Waals surface area contributed by atoms with Gasteiger partial charge in [0.25, 0.3) is 0 Å². The molecule has 2 saturated carbocycles. The Morgan fingerprint density at radius 1 is 1.03 bits per heavy atom. The zero-order chi connectivity index (χ0) is 26.8. The van der Waals surface area contributed by atoms with E-state index in [-0.39, 0.29) is 18.4 Å². The van der Waals surface area contributed by atoms with Crippen molar-refractivity contribution < 1.29 is 19.4 Å². The minimum Gasteiger partial charge on any atom is -0.450 e. The van der Waals surface area contributed by atoms with E-state index in [0.717, 1.165) is 65.4 Å². The van der Waals surface area contributed by atoms with Crippen LogP contribution >= 0.6 is 0 Å². The number of benzene rings is 2. The van der Waals surface area contributed by atoms with Crippen molar-refractivity contribution in [3.05, 3.63) is 60.2 Å². The van der Waals surface area contributed by atoms with E-state index >= 15 is 0 Å². The van der Waals surface area contributed by atoms with E-state index in [1.54, 1.807) is 0 Å². The lowest BCUT2D eigenvalue weighted by Crippen LogP contribution is -2.49. The van der Waals surface area contributed by atoms with Gasteiger partial charge in [-0.15, -0.1) is 10.2 Å². The average molecular weight is 527 g/mol. The largest absolute Gasteiger partial charge is 0.506 e. The Morgan fingerprint density at radius 2 is 1.82 bits per heavy atom. The van der Waals surface area contributed by atoms with Crippen molar-refractivity contribution in [3.8, 4) is 22.6 Å². The number of aromatic amines is 1. The molecule has 200 valence electrons. The fourth-order valence-electron chi connectivity index (χ4n) is 5.64. The summed E-state index contributed by atoms with van der Waals surface area (Å²) >= 11 is 0. The molecule has 2 N–H and O–H groups in total. The highest BCUT2D eigenvalue weighted by Gasteiger charge is 2.42. The van der Waals surface area contributed by atoms with Crippen LogP contribution in [0.5, 0.6) is 0 Å². The van der Waals surface area contributed by atoms with Crippen LogP contribution in [0.25, 0.3) is 33.5 Å². The number of carbonyl (C=O) groups is 2. The lowest BCUT2D eigenvalue weighted by atomic mass is 9.84. The second kappa shape index (κ2) is 10.4. The normalized spacial score (nSPS) is 16.6. The number of ether oxygens (including phenoxy) is 1. The summed E-state index contributed by atoms with van der Waals surface area (Å²) < 4.78 is 5.46. The van der Waals surface area contributed by atoms with Crippen molar-refractivity contribution in [2.75, 3.05) is 6.54 Å². The van der Waals surface area contributed by atoms with Crippen molar-refractivity contribution in [3.63, 3.8) is 0 Å². The number of hydrogen-bond donors (Lipinski definition) is 2. The molecule has 0 aliphatic heterocycles. The van der Waals surface area contributed by atoms with Gasteiger partial charge in [0.15, 0.2) is 0 Å². The summed E-state index contributed by atoms with van der Waals surface area (Å²) in [5, 5.41) is 24.8. The number of amides is 1. The molecule has 2 aromatic carbocycles. The van der Waals surface area contributed by atoms with E-state index in [1.165, 1.54) is 0 Å². The molecule has 6 rings (SSSR count). The Kier molecular flexibility index (Phi) is 6.68. The lowest BCUT2D eigenvalue weighted by Gasteiger charge is -2.39. The molecule has 10 heteroatoms. The number of H-pyrrole nitrogens is 1. The van der Waals surface area contributed by atoms with Crippen molar-refractivity contribution >= 4 is 23.0 Å². The number of nitrogens with one attached hydrogen (secondary N) is 1. The minimum absolute atomic E-state index is 0.0272. The maximum absolute atomic E-state index is 13.3. The molecule has 1 amide bonds. The number of carboxylic acid groups (broad SMARTS) is 1. The van der Waals surface area contributed by atoms with Gasteiger partial charge in [0, 0.05) is 29.0 Å². The van der Waals surface area contributed by atoms with Crippen LogP contribution in [0.2, 0.25) is 0 Å². The molecule has 39 heavy (non-hydrogen) atoms. The van der Waals surface area contributed by atoms with Crippen LogP contribution in [-0.4, -0.2) is 59.8 Å². The minimum atomic E-state index is -1.27. The van der Waals surface area contributed by atoms with Gasteiger partial charge in [0.2, 0.25) is 11.7 Å². The van der Waals surface area contributed by atoms with Crippen molar-refractivity contribution in [2.45, 2.75) is 57.1 Å². The van der Waals surface area contributed by atoms with Crippen molar-refractivity contribution in [1.82, 2.24) is 30.5 Å². The molecule has 0 atom stereocenters. The number of nitrogens with zero attached hydrogens (tertiary/aromatic N) is 5. The summed E-state index contributed by atoms with van der Waals surface area (Å²) in [7, 11) is 0.